The summed E-state index contributed by atoms with van der Waals surface area (Å²) in [6.07, 6.45) is 1.92. The summed E-state index contributed by atoms with van der Waals surface area (Å²) in [6.45, 7) is 3.49. The van der Waals surface area contributed by atoms with Gasteiger partial charge in [-0.25, -0.2) is 4.52 Å². The Hall–Kier alpha value is -1.18. The highest BCUT2D eigenvalue weighted by molar-refractivity contribution is 9.10. The Kier molecular flexibility index (Phi) is 3.42. The SMILES string of the molecule is CN1CCN(c2nc3ccc(Br)cn3n2)C(CN)C1. The minimum atomic E-state index is 0.277. The number of aromatic nitrogens is 3. The first-order chi connectivity index (χ1) is 9.17. The molecule has 0 aliphatic carbocycles. The number of anilines is 1. The summed E-state index contributed by atoms with van der Waals surface area (Å²) in [6, 6.07) is 4.20. The van der Waals surface area contributed by atoms with Gasteiger partial charge in [-0.3, -0.25) is 0 Å². The third-order valence-electron chi connectivity index (χ3n) is 3.50. The third kappa shape index (κ3) is 2.45. The Bertz CT molecular complexity index is 583. The van der Waals surface area contributed by atoms with Crippen LogP contribution in [0.2, 0.25) is 0 Å². The van der Waals surface area contributed by atoms with E-state index in [1.54, 1.807) is 4.52 Å². The normalized spacial score (nSPS) is 21.2. The molecule has 7 heteroatoms. The van der Waals surface area contributed by atoms with Gasteiger partial charge in [0.1, 0.15) is 0 Å². The summed E-state index contributed by atoms with van der Waals surface area (Å²) in [4.78, 5) is 9.08. The second-order valence-electron chi connectivity index (χ2n) is 4.91. The van der Waals surface area contributed by atoms with Crippen molar-refractivity contribution in [1.29, 1.82) is 0 Å². The Morgan fingerprint density at radius 2 is 2.26 bits per heavy atom. The minimum Gasteiger partial charge on any atom is -0.333 e. The first-order valence-electron chi connectivity index (χ1n) is 6.34. The summed E-state index contributed by atoms with van der Waals surface area (Å²) in [5.74, 6) is 0.765. The predicted molar refractivity (Wildman–Crippen MR) is 78.4 cm³/mol. The molecule has 0 saturated carbocycles. The van der Waals surface area contributed by atoms with Crippen molar-refractivity contribution in [3.05, 3.63) is 22.8 Å². The fourth-order valence-corrected chi connectivity index (χ4v) is 2.77. The van der Waals surface area contributed by atoms with Crippen molar-refractivity contribution in [2.24, 2.45) is 5.73 Å². The van der Waals surface area contributed by atoms with Crippen molar-refractivity contribution in [2.75, 3.05) is 38.1 Å². The molecule has 1 aliphatic heterocycles. The maximum absolute atomic E-state index is 5.87. The number of fused-ring (bicyclic) bond motifs is 1. The smallest absolute Gasteiger partial charge is 0.246 e. The average Bonchev–Trinajstić information content (AvgIpc) is 2.81. The van der Waals surface area contributed by atoms with Crippen LogP contribution in [0.3, 0.4) is 0 Å². The number of nitrogens with zero attached hydrogens (tertiary/aromatic N) is 5. The van der Waals surface area contributed by atoms with Crippen LogP contribution in [-0.2, 0) is 0 Å². The first kappa shape index (κ1) is 12.8. The zero-order valence-electron chi connectivity index (χ0n) is 10.8. The fraction of sp³-hybridized carbons (Fsp3) is 0.500. The van der Waals surface area contributed by atoms with E-state index < -0.39 is 0 Å². The molecule has 2 N–H and O–H groups in total. The van der Waals surface area contributed by atoms with E-state index in [0.717, 1.165) is 35.7 Å². The van der Waals surface area contributed by atoms with E-state index in [0.29, 0.717) is 6.54 Å². The first-order valence-corrected chi connectivity index (χ1v) is 7.14. The lowest BCUT2D eigenvalue weighted by Gasteiger charge is -2.38. The van der Waals surface area contributed by atoms with Crippen molar-refractivity contribution >= 4 is 27.5 Å². The molecule has 0 amide bonds. The van der Waals surface area contributed by atoms with Crippen molar-refractivity contribution in [3.8, 4) is 0 Å². The number of rotatable bonds is 2. The maximum atomic E-state index is 5.87. The molecule has 2 aromatic heterocycles. The van der Waals surface area contributed by atoms with Gasteiger partial charge in [-0.15, -0.1) is 5.10 Å². The van der Waals surface area contributed by atoms with E-state index in [2.05, 4.69) is 42.9 Å². The molecule has 1 atom stereocenters. The monoisotopic (exact) mass is 324 g/mol. The van der Waals surface area contributed by atoms with Crippen LogP contribution in [0.4, 0.5) is 5.95 Å². The highest BCUT2D eigenvalue weighted by atomic mass is 79.9. The lowest BCUT2D eigenvalue weighted by molar-refractivity contribution is 0.268. The van der Waals surface area contributed by atoms with E-state index in [-0.39, 0.29) is 6.04 Å². The molecule has 1 saturated heterocycles. The van der Waals surface area contributed by atoms with Gasteiger partial charge in [0.25, 0.3) is 0 Å². The number of piperazine rings is 1. The molecule has 102 valence electrons. The van der Waals surface area contributed by atoms with Crippen LogP contribution in [0.1, 0.15) is 0 Å². The number of hydrogen-bond acceptors (Lipinski definition) is 5. The van der Waals surface area contributed by atoms with E-state index in [4.69, 9.17) is 5.73 Å². The molecule has 0 spiro atoms. The molecule has 19 heavy (non-hydrogen) atoms. The van der Waals surface area contributed by atoms with Gasteiger partial charge in [-0.2, -0.15) is 4.98 Å². The van der Waals surface area contributed by atoms with E-state index in [1.165, 1.54) is 0 Å². The molecule has 0 bridgehead atoms. The average molecular weight is 325 g/mol. The van der Waals surface area contributed by atoms with Gasteiger partial charge in [0.15, 0.2) is 5.65 Å². The van der Waals surface area contributed by atoms with E-state index in [9.17, 15) is 0 Å². The molecule has 1 unspecified atom stereocenters. The van der Waals surface area contributed by atoms with Gasteiger partial charge in [0.05, 0.1) is 6.04 Å². The topological polar surface area (TPSA) is 62.7 Å². The van der Waals surface area contributed by atoms with Crippen LogP contribution in [0, 0.1) is 0 Å². The van der Waals surface area contributed by atoms with Crippen LogP contribution in [0.5, 0.6) is 0 Å². The lowest BCUT2D eigenvalue weighted by Crippen LogP contribution is -2.55. The second kappa shape index (κ2) is 5.07. The standard InChI is InChI=1S/C12H17BrN6/c1-17-4-5-18(10(6-14)8-17)12-15-11-3-2-9(13)7-19(11)16-12/h2-3,7,10H,4-6,8,14H2,1H3. The number of halogens is 1. The summed E-state index contributed by atoms with van der Waals surface area (Å²) in [5, 5.41) is 4.55. The molecule has 2 aromatic rings. The van der Waals surface area contributed by atoms with Gasteiger partial charge in [-0.1, -0.05) is 0 Å². The summed E-state index contributed by atoms with van der Waals surface area (Å²) in [5.41, 5.74) is 6.73. The molecule has 1 aliphatic rings. The van der Waals surface area contributed by atoms with Crippen molar-refractivity contribution in [1.82, 2.24) is 19.5 Å². The number of nitrogens with two attached hydrogens (primary N) is 1. The quantitative estimate of drug-likeness (QED) is 0.875. The molecule has 1 fully saturated rings. The number of hydrogen-bond donors (Lipinski definition) is 1. The van der Waals surface area contributed by atoms with Crippen molar-refractivity contribution < 1.29 is 0 Å². The molecule has 3 rings (SSSR count). The third-order valence-corrected chi connectivity index (χ3v) is 3.97. The Labute approximate surface area is 120 Å². The zero-order chi connectivity index (χ0) is 13.4. The van der Waals surface area contributed by atoms with E-state index >= 15 is 0 Å². The van der Waals surface area contributed by atoms with Crippen LogP contribution in [-0.4, -0.2) is 58.8 Å². The van der Waals surface area contributed by atoms with Gasteiger partial charge < -0.3 is 15.5 Å². The molecular weight excluding hydrogens is 308 g/mol. The van der Waals surface area contributed by atoms with Crippen molar-refractivity contribution in [3.63, 3.8) is 0 Å². The number of pyridine rings is 1. The molecule has 0 aromatic carbocycles. The largest absolute Gasteiger partial charge is 0.333 e. The molecule has 0 radical (unpaired) electrons. The highest BCUT2D eigenvalue weighted by Crippen LogP contribution is 2.18. The molecular formula is C12H17BrN6. The number of likely N-dealkylation sites (N-methyl/N-ethyl adjacent to an activating group) is 1. The van der Waals surface area contributed by atoms with Crippen LogP contribution in [0.25, 0.3) is 5.65 Å². The Morgan fingerprint density at radius 3 is 3.05 bits per heavy atom. The van der Waals surface area contributed by atoms with Crippen LogP contribution < -0.4 is 10.6 Å². The van der Waals surface area contributed by atoms with Gasteiger partial charge in [0, 0.05) is 36.8 Å². The van der Waals surface area contributed by atoms with E-state index in [1.807, 2.05) is 18.3 Å². The fourth-order valence-electron chi connectivity index (χ4n) is 2.44. The zero-order valence-corrected chi connectivity index (χ0v) is 12.4. The molecule has 6 nitrogen and oxygen atoms in total. The maximum Gasteiger partial charge on any atom is 0.246 e. The van der Waals surface area contributed by atoms with Gasteiger partial charge in [-0.05, 0) is 35.1 Å². The minimum absolute atomic E-state index is 0.277. The summed E-state index contributed by atoms with van der Waals surface area (Å²) in [7, 11) is 2.12. The van der Waals surface area contributed by atoms with Crippen LogP contribution in [0.15, 0.2) is 22.8 Å². The summed E-state index contributed by atoms with van der Waals surface area (Å²) >= 11 is 3.44. The lowest BCUT2D eigenvalue weighted by atomic mass is 10.2. The molecule has 3 heterocycles. The summed E-state index contributed by atoms with van der Waals surface area (Å²) < 4.78 is 2.79. The van der Waals surface area contributed by atoms with Crippen LogP contribution >= 0.6 is 15.9 Å². The highest BCUT2D eigenvalue weighted by Gasteiger charge is 2.26. The Morgan fingerprint density at radius 1 is 1.42 bits per heavy atom. The second-order valence-corrected chi connectivity index (χ2v) is 5.82. The predicted octanol–water partition coefficient (Wildman–Crippen LogP) is 0.571. The van der Waals surface area contributed by atoms with Gasteiger partial charge >= 0.3 is 0 Å². The van der Waals surface area contributed by atoms with Gasteiger partial charge in [0.2, 0.25) is 5.95 Å². The van der Waals surface area contributed by atoms with Crippen molar-refractivity contribution in [2.45, 2.75) is 6.04 Å². The Balaban J connectivity index is 1.94.